The van der Waals surface area contributed by atoms with Crippen molar-refractivity contribution >= 4 is 16.8 Å². The van der Waals surface area contributed by atoms with E-state index in [1.807, 2.05) is 4.90 Å². The van der Waals surface area contributed by atoms with Gasteiger partial charge in [0.1, 0.15) is 5.69 Å². The van der Waals surface area contributed by atoms with Crippen LogP contribution in [0.1, 0.15) is 33.6 Å². The highest BCUT2D eigenvalue weighted by atomic mass is 16.2. The quantitative estimate of drug-likeness (QED) is 0.843. The lowest BCUT2D eigenvalue weighted by molar-refractivity contribution is 0.0710. The lowest BCUT2D eigenvalue weighted by atomic mass is 10.0. The smallest absolute Gasteiger partial charge is 0.270 e. The van der Waals surface area contributed by atoms with E-state index in [9.17, 15) is 4.79 Å². The molecule has 4 nitrogen and oxygen atoms in total. The van der Waals surface area contributed by atoms with E-state index in [-0.39, 0.29) is 5.91 Å². The number of carbonyl (C=O) groups excluding carboxylic acids is 1. The number of fused-ring (bicyclic) bond motifs is 3. The number of aromatic nitrogens is 1. The summed E-state index contributed by atoms with van der Waals surface area (Å²) >= 11 is 0. The van der Waals surface area contributed by atoms with E-state index in [1.165, 1.54) is 16.5 Å². The molecule has 2 aromatic rings. The second kappa shape index (κ2) is 4.34. The van der Waals surface area contributed by atoms with Crippen molar-refractivity contribution in [2.75, 3.05) is 13.1 Å². The molecule has 0 spiro atoms. The molecule has 2 aliphatic rings. The molecule has 2 bridgehead atoms. The van der Waals surface area contributed by atoms with E-state index >= 15 is 0 Å². The summed E-state index contributed by atoms with van der Waals surface area (Å²) in [6.45, 7) is 8.04. The number of hydrogen-bond donors (Lipinski definition) is 2. The van der Waals surface area contributed by atoms with Gasteiger partial charge in [0, 0.05) is 36.1 Å². The highest BCUT2D eigenvalue weighted by Gasteiger charge is 2.41. The highest BCUT2D eigenvalue weighted by molar-refractivity contribution is 6.02. The summed E-state index contributed by atoms with van der Waals surface area (Å²) in [4.78, 5) is 18.4. The van der Waals surface area contributed by atoms with Crippen LogP contribution in [-0.2, 0) is 0 Å². The number of piperazine rings is 1. The minimum atomic E-state index is 0.163. The molecule has 0 saturated carbocycles. The summed E-state index contributed by atoms with van der Waals surface area (Å²) in [5, 5.41) is 4.66. The third kappa shape index (κ3) is 1.75. The van der Waals surface area contributed by atoms with E-state index in [0.717, 1.165) is 36.3 Å². The minimum Gasteiger partial charge on any atom is -0.350 e. The van der Waals surface area contributed by atoms with Gasteiger partial charge in [0.15, 0.2) is 0 Å². The summed E-state index contributed by atoms with van der Waals surface area (Å²) in [7, 11) is 0. The zero-order valence-electron chi connectivity index (χ0n) is 12.8. The van der Waals surface area contributed by atoms with E-state index in [0.29, 0.717) is 12.1 Å². The molecule has 0 radical (unpaired) electrons. The molecule has 1 amide bonds. The van der Waals surface area contributed by atoms with Crippen molar-refractivity contribution in [2.45, 2.75) is 39.3 Å². The Morgan fingerprint density at radius 3 is 2.62 bits per heavy atom. The monoisotopic (exact) mass is 283 g/mol. The van der Waals surface area contributed by atoms with Crippen LogP contribution in [0, 0.1) is 20.8 Å². The van der Waals surface area contributed by atoms with Crippen molar-refractivity contribution in [3.63, 3.8) is 0 Å². The summed E-state index contributed by atoms with van der Waals surface area (Å²) in [6, 6.07) is 5.11. The first-order valence-corrected chi connectivity index (χ1v) is 7.69. The fraction of sp³-hybridized carbons (Fsp3) is 0.471. The Labute approximate surface area is 124 Å². The van der Waals surface area contributed by atoms with Crippen LogP contribution in [0.4, 0.5) is 0 Å². The number of nitrogens with one attached hydrogen (secondary N) is 2. The maximum atomic E-state index is 12.9. The second-order valence-electron chi connectivity index (χ2n) is 6.53. The normalized spacial score (nSPS) is 24.2. The fourth-order valence-electron chi connectivity index (χ4n) is 3.97. The highest BCUT2D eigenvalue weighted by Crippen LogP contribution is 2.31. The zero-order valence-corrected chi connectivity index (χ0v) is 12.8. The molecule has 1 aromatic heterocycles. The Kier molecular flexibility index (Phi) is 2.67. The molecule has 2 aliphatic heterocycles. The first-order chi connectivity index (χ1) is 10.1. The molecule has 2 saturated heterocycles. The Morgan fingerprint density at radius 1 is 1.24 bits per heavy atom. The van der Waals surface area contributed by atoms with Crippen LogP contribution in [0.3, 0.4) is 0 Å². The maximum Gasteiger partial charge on any atom is 0.270 e. The number of aryl methyl sites for hydroxylation is 3. The average molecular weight is 283 g/mol. The summed E-state index contributed by atoms with van der Waals surface area (Å²) in [6.07, 6.45) is 1.10. The molecule has 3 heterocycles. The van der Waals surface area contributed by atoms with Crippen molar-refractivity contribution < 1.29 is 4.79 Å². The number of rotatable bonds is 1. The lowest BCUT2D eigenvalue weighted by Gasteiger charge is -2.27. The number of benzene rings is 1. The van der Waals surface area contributed by atoms with Gasteiger partial charge in [-0.3, -0.25) is 4.79 Å². The largest absolute Gasteiger partial charge is 0.350 e. The van der Waals surface area contributed by atoms with Gasteiger partial charge in [0.2, 0.25) is 0 Å². The van der Waals surface area contributed by atoms with Crippen LogP contribution < -0.4 is 5.32 Å². The lowest BCUT2D eigenvalue weighted by Crippen LogP contribution is -2.46. The van der Waals surface area contributed by atoms with Crippen LogP contribution >= 0.6 is 0 Å². The standard InChI is InChI=1S/C17H21N3O/c1-9-4-5-10(2)15-14(9)11(3)16(19-15)17(21)20-8-12-6-13(20)7-18-12/h4-5,12-13,18-19H,6-8H2,1-3H3/t12-,13-/m0/s1. The van der Waals surface area contributed by atoms with Gasteiger partial charge < -0.3 is 15.2 Å². The number of likely N-dealkylation sites (tertiary alicyclic amines) is 1. The van der Waals surface area contributed by atoms with Crippen LogP contribution in [0.15, 0.2) is 12.1 Å². The molecule has 21 heavy (non-hydrogen) atoms. The molecular formula is C17H21N3O. The summed E-state index contributed by atoms with van der Waals surface area (Å²) < 4.78 is 0. The first kappa shape index (κ1) is 12.9. The third-order valence-electron chi connectivity index (χ3n) is 5.15. The number of carbonyl (C=O) groups is 1. The van der Waals surface area contributed by atoms with Crippen molar-refractivity contribution in [3.05, 3.63) is 34.5 Å². The van der Waals surface area contributed by atoms with Crippen molar-refractivity contribution in [1.82, 2.24) is 15.2 Å². The Morgan fingerprint density at radius 2 is 2.00 bits per heavy atom. The Balaban J connectivity index is 1.80. The number of amides is 1. The average Bonchev–Trinajstić information content (AvgIpc) is 3.16. The molecule has 110 valence electrons. The van der Waals surface area contributed by atoms with Crippen LogP contribution in [0.5, 0.6) is 0 Å². The van der Waals surface area contributed by atoms with Crippen LogP contribution in [0.25, 0.3) is 10.9 Å². The van der Waals surface area contributed by atoms with Gasteiger partial charge in [-0.15, -0.1) is 0 Å². The van der Waals surface area contributed by atoms with Crippen molar-refractivity contribution in [2.24, 2.45) is 0 Å². The van der Waals surface area contributed by atoms with E-state index in [2.05, 4.69) is 43.2 Å². The molecule has 2 N–H and O–H groups in total. The van der Waals surface area contributed by atoms with Gasteiger partial charge in [-0.05, 0) is 43.9 Å². The second-order valence-corrected chi connectivity index (χ2v) is 6.53. The van der Waals surface area contributed by atoms with Gasteiger partial charge in [0.05, 0.1) is 0 Å². The number of hydrogen-bond acceptors (Lipinski definition) is 2. The number of nitrogens with zero attached hydrogens (tertiary/aromatic N) is 1. The van der Waals surface area contributed by atoms with Gasteiger partial charge in [-0.1, -0.05) is 12.1 Å². The molecule has 4 heteroatoms. The first-order valence-electron chi connectivity index (χ1n) is 7.69. The van der Waals surface area contributed by atoms with E-state index in [4.69, 9.17) is 0 Å². The van der Waals surface area contributed by atoms with Gasteiger partial charge in [-0.25, -0.2) is 0 Å². The van der Waals surface area contributed by atoms with Crippen molar-refractivity contribution in [1.29, 1.82) is 0 Å². The fourth-order valence-corrected chi connectivity index (χ4v) is 3.97. The third-order valence-corrected chi connectivity index (χ3v) is 5.15. The molecule has 1 aromatic carbocycles. The molecule has 2 fully saturated rings. The summed E-state index contributed by atoms with van der Waals surface area (Å²) in [5.41, 5.74) is 5.40. The minimum absolute atomic E-state index is 0.163. The van der Waals surface area contributed by atoms with Crippen LogP contribution in [0.2, 0.25) is 0 Å². The van der Waals surface area contributed by atoms with E-state index < -0.39 is 0 Å². The number of aromatic amines is 1. The Hall–Kier alpha value is -1.81. The predicted octanol–water partition coefficient (Wildman–Crippen LogP) is 2.28. The zero-order chi connectivity index (χ0) is 14.7. The predicted molar refractivity (Wildman–Crippen MR) is 83.7 cm³/mol. The summed E-state index contributed by atoms with van der Waals surface area (Å²) in [5.74, 6) is 0.163. The van der Waals surface area contributed by atoms with Gasteiger partial charge in [-0.2, -0.15) is 0 Å². The molecule has 2 atom stereocenters. The van der Waals surface area contributed by atoms with Gasteiger partial charge >= 0.3 is 0 Å². The van der Waals surface area contributed by atoms with Crippen LogP contribution in [-0.4, -0.2) is 41.0 Å². The topological polar surface area (TPSA) is 48.1 Å². The SMILES string of the molecule is Cc1ccc(C)c2c(C)c(C(=O)N3C[C@@H]4C[C@H]3CN4)[nH]c12. The molecule has 0 unspecified atom stereocenters. The number of H-pyrrole nitrogens is 1. The van der Waals surface area contributed by atoms with Gasteiger partial charge in [0.25, 0.3) is 5.91 Å². The Bertz CT molecular complexity index is 746. The van der Waals surface area contributed by atoms with E-state index in [1.54, 1.807) is 0 Å². The molecule has 0 aliphatic carbocycles. The molecule has 4 rings (SSSR count). The maximum absolute atomic E-state index is 12.9. The molecular weight excluding hydrogens is 262 g/mol. The van der Waals surface area contributed by atoms with Crippen molar-refractivity contribution in [3.8, 4) is 0 Å².